The van der Waals surface area contributed by atoms with Gasteiger partial charge in [-0.15, -0.1) is 0 Å². The van der Waals surface area contributed by atoms with Crippen LogP contribution >= 0.6 is 0 Å². The molecule has 22 heavy (non-hydrogen) atoms. The molecule has 2 amide bonds. The second-order valence-electron chi connectivity index (χ2n) is 5.64. The lowest BCUT2D eigenvalue weighted by atomic mass is 10.0. The second kappa shape index (κ2) is 6.48. The Labute approximate surface area is 131 Å². The highest BCUT2D eigenvalue weighted by atomic mass is 16.2. The van der Waals surface area contributed by atoms with Crippen molar-refractivity contribution >= 4 is 12.1 Å². The first kappa shape index (κ1) is 14.4. The van der Waals surface area contributed by atoms with Crippen molar-refractivity contribution in [1.82, 2.24) is 10.2 Å². The predicted octanol–water partition coefficient (Wildman–Crippen LogP) is 3.73. The minimum Gasteiger partial charge on any atom is -0.320 e. The lowest BCUT2D eigenvalue weighted by Crippen LogP contribution is -2.40. The first-order chi connectivity index (χ1) is 10.7. The van der Waals surface area contributed by atoms with Gasteiger partial charge in [0.25, 0.3) is 0 Å². The van der Waals surface area contributed by atoms with Crippen LogP contribution in [0.3, 0.4) is 0 Å². The summed E-state index contributed by atoms with van der Waals surface area (Å²) in [6.07, 6.45) is 4.56. The van der Waals surface area contributed by atoms with Crippen LogP contribution < -0.4 is 5.32 Å². The monoisotopic (exact) mass is 292 g/mol. The Morgan fingerprint density at radius 1 is 1.14 bits per heavy atom. The maximum Gasteiger partial charge on any atom is 0.321 e. The fourth-order valence-corrected chi connectivity index (χ4v) is 2.74. The van der Waals surface area contributed by atoms with Crippen molar-refractivity contribution in [3.63, 3.8) is 0 Å². The summed E-state index contributed by atoms with van der Waals surface area (Å²) in [6, 6.07) is 16.4. The molecule has 0 aliphatic carbocycles. The van der Waals surface area contributed by atoms with E-state index < -0.39 is 0 Å². The number of nitrogens with zero attached hydrogens (tertiary/aromatic N) is 1. The summed E-state index contributed by atoms with van der Waals surface area (Å²) < 4.78 is 0. The van der Waals surface area contributed by atoms with E-state index in [0.29, 0.717) is 6.54 Å². The van der Waals surface area contributed by atoms with Gasteiger partial charge in [0.05, 0.1) is 0 Å². The fourth-order valence-electron chi connectivity index (χ4n) is 2.74. The number of aryl methyl sites for hydroxylation is 1. The van der Waals surface area contributed by atoms with Crippen molar-refractivity contribution in [2.24, 2.45) is 0 Å². The van der Waals surface area contributed by atoms with E-state index in [1.807, 2.05) is 29.2 Å². The maximum atomic E-state index is 12.2. The van der Waals surface area contributed by atoms with Gasteiger partial charge in [0.15, 0.2) is 0 Å². The number of amides is 2. The third-order valence-corrected chi connectivity index (χ3v) is 3.94. The molecule has 1 aliphatic rings. The molecule has 0 saturated heterocycles. The van der Waals surface area contributed by atoms with E-state index >= 15 is 0 Å². The highest BCUT2D eigenvalue weighted by molar-refractivity contribution is 5.76. The maximum absolute atomic E-state index is 12.2. The van der Waals surface area contributed by atoms with Crippen LogP contribution in [-0.2, 0) is 13.0 Å². The molecule has 0 unspecified atom stereocenters. The van der Waals surface area contributed by atoms with E-state index in [9.17, 15) is 4.79 Å². The Kier molecular flexibility index (Phi) is 4.24. The summed E-state index contributed by atoms with van der Waals surface area (Å²) in [5, 5.41) is 2.86. The third kappa shape index (κ3) is 3.37. The van der Waals surface area contributed by atoms with Gasteiger partial charge in [0.1, 0.15) is 0 Å². The quantitative estimate of drug-likeness (QED) is 0.898. The zero-order valence-electron chi connectivity index (χ0n) is 12.8. The lowest BCUT2D eigenvalue weighted by Gasteiger charge is -2.28. The molecule has 3 rings (SSSR count). The number of nitrogens with one attached hydrogen (secondary N) is 1. The fraction of sp³-hybridized carbons (Fsp3) is 0.211. The molecule has 1 aliphatic heterocycles. The topological polar surface area (TPSA) is 32.3 Å². The van der Waals surface area contributed by atoms with Crippen molar-refractivity contribution in [2.45, 2.75) is 19.9 Å². The van der Waals surface area contributed by atoms with Crippen LogP contribution in [0.4, 0.5) is 4.79 Å². The minimum absolute atomic E-state index is 0.0431. The Hall–Kier alpha value is -2.55. The molecular formula is C19H20N2O. The third-order valence-electron chi connectivity index (χ3n) is 3.94. The van der Waals surface area contributed by atoms with Crippen molar-refractivity contribution in [2.75, 3.05) is 6.54 Å². The zero-order valence-corrected chi connectivity index (χ0v) is 12.8. The number of benzene rings is 2. The number of urea groups is 1. The van der Waals surface area contributed by atoms with Crippen LogP contribution in [0.5, 0.6) is 0 Å². The first-order valence-corrected chi connectivity index (χ1v) is 7.58. The Morgan fingerprint density at radius 2 is 1.95 bits per heavy atom. The van der Waals surface area contributed by atoms with E-state index in [1.54, 1.807) is 6.20 Å². The summed E-state index contributed by atoms with van der Waals surface area (Å²) in [5.74, 6) is 0. The molecule has 3 heteroatoms. The number of carbonyl (C=O) groups is 1. The molecule has 0 radical (unpaired) electrons. The standard InChI is InChI=1S/C19H20N2O/c1-15-5-4-6-16(13-15)9-11-20-19(22)21-12-10-17-7-2-3-8-18(17)14-21/h2-9,11,13H,10,12,14H2,1H3,(H,20,22)/b11-9+. The molecule has 0 atom stereocenters. The van der Waals surface area contributed by atoms with E-state index in [1.165, 1.54) is 16.7 Å². The molecule has 1 N–H and O–H groups in total. The molecule has 2 aromatic rings. The van der Waals surface area contributed by atoms with Crippen molar-refractivity contribution in [3.8, 4) is 0 Å². The van der Waals surface area contributed by atoms with Gasteiger partial charge in [-0.25, -0.2) is 4.79 Å². The van der Waals surface area contributed by atoms with E-state index in [0.717, 1.165) is 18.5 Å². The van der Waals surface area contributed by atoms with Crippen LogP contribution in [-0.4, -0.2) is 17.5 Å². The predicted molar refractivity (Wildman–Crippen MR) is 89.3 cm³/mol. The number of fused-ring (bicyclic) bond motifs is 1. The second-order valence-corrected chi connectivity index (χ2v) is 5.64. The van der Waals surface area contributed by atoms with Crippen LogP contribution in [0.1, 0.15) is 22.3 Å². The highest BCUT2D eigenvalue weighted by Crippen LogP contribution is 2.18. The minimum atomic E-state index is -0.0431. The van der Waals surface area contributed by atoms with E-state index in [-0.39, 0.29) is 6.03 Å². The molecule has 0 bridgehead atoms. The molecule has 112 valence electrons. The molecule has 0 saturated carbocycles. The molecule has 2 aromatic carbocycles. The smallest absolute Gasteiger partial charge is 0.320 e. The van der Waals surface area contributed by atoms with Crippen LogP contribution in [0.15, 0.2) is 54.7 Å². The lowest BCUT2D eigenvalue weighted by molar-refractivity contribution is 0.196. The molecule has 0 spiro atoms. The van der Waals surface area contributed by atoms with Gasteiger partial charge in [0, 0.05) is 19.3 Å². The van der Waals surface area contributed by atoms with Crippen molar-refractivity contribution in [1.29, 1.82) is 0 Å². The summed E-state index contributed by atoms with van der Waals surface area (Å²) in [5.41, 5.74) is 4.89. The average Bonchev–Trinajstić information content (AvgIpc) is 2.54. The Balaban J connectivity index is 1.59. The Bertz CT molecular complexity index is 706. The number of rotatable bonds is 2. The number of hydrogen-bond donors (Lipinski definition) is 1. The van der Waals surface area contributed by atoms with Gasteiger partial charge in [-0.05, 0) is 36.1 Å². The molecule has 0 fully saturated rings. The summed E-state index contributed by atoms with van der Waals surface area (Å²) in [4.78, 5) is 14.1. The molecule has 3 nitrogen and oxygen atoms in total. The number of carbonyl (C=O) groups excluding carboxylic acids is 1. The summed E-state index contributed by atoms with van der Waals surface area (Å²) >= 11 is 0. The molecule has 0 aromatic heterocycles. The van der Waals surface area contributed by atoms with Crippen LogP contribution in [0, 0.1) is 6.92 Å². The normalized spacial score (nSPS) is 14.0. The van der Waals surface area contributed by atoms with E-state index in [2.05, 4.69) is 42.6 Å². The molecule has 1 heterocycles. The van der Waals surface area contributed by atoms with Crippen LogP contribution in [0.2, 0.25) is 0 Å². The molecular weight excluding hydrogens is 272 g/mol. The van der Waals surface area contributed by atoms with Gasteiger partial charge < -0.3 is 10.2 Å². The zero-order chi connectivity index (χ0) is 15.4. The van der Waals surface area contributed by atoms with Crippen molar-refractivity contribution in [3.05, 3.63) is 77.0 Å². The van der Waals surface area contributed by atoms with Gasteiger partial charge in [-0.1, -0.05) is 54.1 Å². The van der Waals surface area contributed by atoms with E-state index in [4.69, 9.17) is 0 Å². The van der Waals surface area contributed by atoms with Crippen molar-refractivity contribution < 1.29 is 4.79 Å². The van der Waals surface area contributed by atoms with Gasteiger partial charge in [0.2, 0.25) is 0 Å². The Morgan fingerprint density at radius 3 is 2.77 bits per heavy atom. The SMILES string of the molecule is Cc1cccc(/C=C/NC(=O)N2CCc3ccccc3C2)c1. The largest absolute Gasteiger partial charge is 0.321 e. The number of hydrogen-bond acceptors (Lipinski definition) is 1. The highest BCUT2D eigenvalue weighted by Gasteiger charge is 2.19. The van der Waals surface area contributed by atoms with Gasteiger partial charge >= 0.3 is 6.03 Å². The summed E-state index contributed by atoms with van der Waals surface area (Å²) in [7, 11) is 0. The van der Waals surface area contributed by atoms with Gasteiger partial charge in [-0.3, -0.25) is 0 Å². The average molecular weight is 292 g/mol. The first-order valence-electron chi connectivity index (χ1n) is 7.58. The van der Waals surface area contributed by atoms with Crippen LogP contribution in [0.25, 0.3) is 6.08 Å². The van der Waals surface area contributed by atoms with Gasteiger partial charge in [-0.2, -0.15) is 0 Å². The summed E-state index contributed by atoms with van der Waals surface area (Å²) in [6.45, 7) is 3.50.